The molecule has 3 aromatic carbocycles. The molecule has 0 aliphatic heterocycles. The van der Waals surface area contributed by atoms with Gasteiger partial charge in [0.05, 0.1) is 6.04 Å². The summed E-state index contributed by atoms with van der Waals surface area (Å²) >= 11 is 0. The standard InChI is InChI=1S/C23H17FN2O2/c24-20-14-17(12-13-25-20)23(28)26-22(16-7-2-1-3-8-16)21-18-9-5-4-6-15(18)10-11-19(21)27/h1-14,22,27H,(H,26,28). The number of hydrogen-bond donors (Lipinski definition) is 2. The molecule has 0 bridgehead atoms. The molecule has 0 aliphatic carbocycles. The van der Waals surface area contributed by atoms with Crippen LogP contribution in [0.3, 0.4) is 0 Å². The van der Waals surface area contributed by atoms with Gasteiger partial charge in [-0.05, 0) is 28.5 Å². The van der Waals surface area contributed by atoms with Gasteiger partial charge in [-0.25, -0.2) is 4.98 Å². The van der Waals surface area contributed by atoms with Crippen molar-refractivity contribution in [1.82, 2.24) is 10.3 Å². The molecular weight excluding hydrogens is 355 g/mol. The van der Waals surface area contributed by atoms with Crippen molar-refractivity contribution in [2.45, 2.75) is 6.04 Å². The zero-order valence-corrected chi connectivity index (χ0v) is 14.8. The van der Waals surface area contributed by atoms with Gasteiger partial charge in [0.25, 0.3) is 5.91 Å². The van der Waals surface area contributed by atoms with Crippen LogP contribution in [-0.4, -0.2) is 16.0 Å². The molecule has 2 N–H and O–H groups in total. The maximum atomic E-state index is 13.5. The predicted octanol–water partition coefficient (Wildman–Crippen LogP) is 4.60. The summed E-state index contributed by atoms with van der Waals surface area (Å²) in [5.41, 5.74) is 1.55. The zero-order chi connectivity index (χ0) is 19.5. The first-order chi connectivity index (χ1) is 13.6. The highest BCUT2D eigenvalue weighted by atomic mass is 19.1. The number of carbonyl (C=O) groups excluding carboxylic acids is 1. The highest BCUT2D eigenvalue weighted by molar-refractivity contribution is 5.95. The zero-order valence-electron chi connectivity index (χ0n) is 14.8. The second kappa shape index (κ2) is 7.48. The number of nitrogens with zero attached hydrogens (tertiary/aromatic N) is 1. The number of nitrogens with one attached hydrogen (secondary N) is 1. The fraction of sp³-hybridized carbons (Fsp3) is 0.0435. The number of halogens is 1. The van der Waals surface area contributed by atoms with Gasteiger partial charge in [-0.3, -0.25) is 4.79 Å². The summed E-state index contributed by atoms with van der Waals surface area (Å²) in [5.74, 6) is -1.10. The third-order valence-electron chi connectivity index (χ3n) is 4.63. The largest absolute Gasteiger partial charge is 0.508 e. The maximum absolute atomic E-state index is 13.5. The highest BCUT2D eigenvalue weighted by Crippen LogP contribution is 2.36. The molecule has 0 radical (unpaired) electrons. The number of amides is 1. The van der Waals surface area contributed by atoms with Crippen molar-refractivity contribution in [3.05, 3.63) is 108 Å². The average molecular weight is 372 g/mol. The normalized spacial score (nSPS) is 11.9. The summed E-state index contributed by atoms with van der Waals surface area (Å²) in [5, 5.41) is 15.4. The lowest BCUT2D eigenvalue weighted by Crippen LogP contribution is -2.29. The van der Waals surface area contributed by atoms with Gasteiger partial charge < -0.3 is 10.4 Å². The lowest BCUT2D eigenvalue weighted by Gasteiger charge is -2.22. The molecule has 0 fully saturated rings. The number of carbonyl (C=O) groups is 1. The van der Waals surface area contributed by atoms with E-state index in [-0.39, 0.29) is 11.3 Å². The first kappa shape index (κ1) is 17.7. The van der Waals surface area contributed by atoms with Crippen molar-refractivity contribution in [1.29, 1.82) is 0 Å². The minimum absolute atomic E-state index is 0.0776. The van der Waals surface area contributed by atoms with Gasteiger partial charge in [-0.15, -0.1) is 0 Å². The van der Waals surface area contributed by atoms with E-state index in [0.717, 1.165) is 22.4 Å². The molecule has 4 aromatic rings. The van der Waals surface area contributed by atoms with Crippen molar-refractivity contribution < 1.29 is 14.3 Å². The number of fused-ring (bicyclic) bond motifs is 1. The molecule has 5 heteroatoms. The Kier molecular flexibility index (Phi) is 4.72. The molecule has 0 saturated heterocycles. The van der Waals surface area contributed by atoms with Crippen LogP contribution in [0, 0.1) is 5.95 Å². The van der Waals surface area contributed by atoms with Gasteiger partial charge in [0, 0.05) is 23.4 Å². The van der Waals surface area contributed by atoms with Crippen LogP contribution < -0.4 is 5.32 Å². The molecule has 1 amide bonds. The van der Waals surface area contributed by atoms with Crippen molar-refractivity contribution in [3.63, 3.8) is 0 Å². The molecule has 28 heavy (non-hydrogen) atoms. The Morgan fingerprint density at radius 1 is 0.964 bits per heavy atom. The van der Waals surface area contributed by atoms with E-state index in [1.807, 2.05) is 60.7 Å². The number of phenolic OH excluding ortho intramolecular Hbond substituents is 1. The Morgan fingerprint density at radius 3 is 2.50 bits per heavy atom. The molecular formula is C23H17FN2O2. The van der Waals surface area contributed by atoms with Crippen LogP contribution in [0.2, 0.25) is 0 Å². The van der Waals surface area contributed by atoms with Crippen molar-refractivity contribution >= 4 is 16.7 Å². The molecule has 138 valence electrons. The summed E-state index contributed by atoms with van der Waals surface area (Å²) < 4.78 is 13.5. The summed E-state index contributed by atoms with van der Waals surface area (Å²) in [6.07, 6.45) is 1.25. The smallest absolute Gasteiger partial charge is 0.252 e. The van der Waals surface area contributed by atoms with E-state index < -0.39 is 17.9 Å². The van der Waals surface area contributed by atoms with E-state index in [2.05, 4.69) is 10.3 Å². The molecule has 1 unspecified atom stereocenters. The van der Waals surface area contributed by atoms with Crippen LogP contribution in [0.4, 0.5) is 4.39 Å². The Bertz CT molecular complexity index is 1150. The first-order valence-corrected chi connectivity index (χ1v) is 8.81. The number of pyridine rings is 1. The van der Waals surface area contributed by atoms with Crippen LogP contribution in [0.5, 0.6) is 5.75 Å². The molecule has 0 spiro atoms. The number of benzene rings is 3. The molecule has 0 saturated carbocycles. The van der Waals surface area contributed by atoms with Gasteiger partial charge in [0.2, 0.25) is 5.95 Å². The van der Waals surface area contributed by atoms with Crippen LogP contribution in [0.1, 0.15) is 27.5 Å². The Balaban J connectivity index is 1.84. The summed E-state index contributed by atoms with van der Waals surface area (Å²) in [4.78, 5) is 16.3. The van der Waals surface area contributed by atoms with Crippen molar-refractivity contribution in [3.8, 4) is 5.75 Å². The molecule has 1 heterocycles. The summed E-state index contributed by atoms with van der Waals surface area (Å²) in [6, 6.07) is 22.4. The average Bonchev–Trinajstić information content (AvgIpc) is 2.73. The van der Waals surface area contributed by atoms with Crippen LogP contribution in [-0.2, 0) is 0 Å². The lowest BCUT2D eigenvalue weighted by atomic mass is 9.92. The second-order valence-electron chi connectivity index (χ2n) is 6.40. The molecule has 1 atom stereocenters. The third-order valence-corrected chi connectivity index (χ3v) is 4.63. The van der Waals surface area contributed by atoms with Crippen LogP contribution in [0.25, 0.3) is 10.8 Å². The monoisotopic (exact) mass is 372 g/mol. The van der Waals surface area contributed by atoms with Gasteiger partial charge in [-0.1, -0.05) is 60.7 Å². The highest BCUT2D eigenvalue weighted by Gasteiger charge is 2.23. The number of aromatic nitrogens is 1. The van der Waals surface area contributed by atoms with E-state index in [0.29, 0.717) is 5.56 Å². The summed E-state index contributed by atoms with van der Waals surface area (Å²) in [6.45, 7) is 0. The van der Waals surface area contributed by atoms with E-state index >= 15 is 0 Å². The molecule has 1 aromatic heterocycles. The van der Waals surface area contributed by atoms with Gasteiger partial charge in [0.15, 0.2) is 0 Å². The number of rotatable bonds is 4. The van der Waals surface area contributed by atoms with Crippen LogP contribution >= 0.6 is 0 Å². The predicted molar refractivity (Wildman–Crippen MR) is 106 cm³/mol. The number of aromatic hydroxyl groups is 1. The number of phenols is 1. The Hall–Kier alpha value is -3.73. The second-order valence-corrected chi connectivity index (χ2v) is 6.40. The minimum Gasteiger partial charge on any atom is -0.508 e. The number of hydrogen-bond acceptors (Lipinski definition) is 3. The van der Waals surface area contributed by atoms with E-state index in [9.17, 15) is 14.3 Å². The Labute approximate surface area is 161 Å². The van der Waals surface area contributed by atoms with E-state index in [1.165, 1.54) is 12.3 Å². The van der Waals surface area contributed by atoms with Crippen LogP contribution in [0.15, 0.2) is 85.1 Å². The topological polar surface area (TPSA) is 62.2 Å². The fourth-order valence-corrected chi connectivity index (χ4v) is 3.31. The quantitative estimate of drug-likeness (QED) is 0.515. The molecule has 4 nitrogen and oxygen atoms in total. The third kappa shape index (κ3) is 3.42. The minimum atomic E-state index is -0.725. The molecule has 4 rings (SSSR count). The van der Waals surface area contributed by atoms with Gasteiger partial charge in [0.1, 0.15) is 5.75 Å². The fourth-order valence-electron chi connectivity index (χ4n) is 3.31. The maximum Gasteiger partial charge on any atom is 0.252 e. The summed E-state index contributed by atoms with van der Waals surface area (Å²) in [7, 11) is 0. The first-order valence-electron chi connectivity index (χ1n) is 8.81. The van der Waals surface area contributed by atoms with Crippen molar-refractivity contribution in [2.24, 2.45) is 0 Å². The lowest BCUT2D eigenvalue weighted by molar-refractivity contribution is 0.0942. The SMILES string of the molecule is O=C(NC(c1ccccc1)c1c(O)ccc2ccccc12)c1ccnc(F)c1. The van der Waals surface area contributed by atoms with Gasteiger partial charge in [-0.2, -0.15) is 4.39 Å². The van der Waals surface area contributed by atoms with E-state index in [1.54, 1.807) is 6.07 Å². The van der Waals surface area contributed by atoms with E-state index in [4.69, 9.17) is 0 Å². The van der Waals surface area contributed by atoms with Gasteiger partial charge >= 0.3 is 0 Å². The molecule has 0 aliphatic rings. The Morgan fingerprint density at radius 2 is 1.71 bits per heavy atom. The van der Waals surface area contributed by atoms with Crippen molar-refractivity contribution in [2.75, 3.05) is 0 Å².